The summed E-state index contributed by atoms with van der Waals surface area (Å²) in [6.07, 6.45) is 2.89. The molecular formula is C15H15ClN2O. The highest BCUT2D eigenvalue weighted by Gasteiger charge is 2.36. The maximum absolute atomic E-state index is 6.02. The van der Waals surface area contributed by atoms with E-state index in [4.69, 9.17) is 16.0 Å². The van der Waals surface area contributed by atoms with E-state index >= 15 is 0 Å². The molecule has 1 saturated carbocycles. The molecule has 2 atom stereocenters. The fourth-order valence-electron chi connectivity index (χ4n) is 2.07. The average Bonchev–Trinajstić information content (AvgIpc) is 2.96. The zero-order valence-corrected chi connectivity index (χ0v) is 11.4. The third kappa shape index (κ3) is 2.82. The molecule has 1 N–H and O–H groups in total. The lowest BCUT2D eigenvalue weighted by Crippen LogP contribution is -1.90. The summed E-state index contributed by atoms with van der Waals surface area (Å²) < 4.78 is 5.72. The van der Waals surface area contributed by atoms with Gasteiger partial charge in [-0.25, -0.2) is 0 Å². The van der Waals surface area contributed by atoms with Gasteiger partial charge in [0.05, 0.1) is 16.9 Å². The third-order valence-electron chi connectivity index (χ3n) is 3.37. The van der Waals surface area contributed by atoms with Gasteiger partial charge in [-0.1, -0.05) is 30.7 Å². The molecule has 0 saturated heterocycles. The second kappa shape index (κ2) is 5.10. The molecule has 1 heterocycles. The smallest absolute Gasteiger partial charge is 0.147 e. The zero-order valence-electron chi connectivity index (χ0n) is 10.6. The molecule has 1 aliphatic carbocycles. The van der Waals surface area contributed by atoms with Crippen LogP contribution in [-0.2, 0) is 0 Å². The van der Waals surface area contributed by atoms with Gasteiger partial charge in [-0.2, -0.15) is 5.10 Å². The predicted octanol–water partition coefficient (Wildman–Crippen LogP) is 4.50. The van der Waals surface area contributed by atoms with Crippen LogP contribution >= 0.6 is 11.6 Å². The number of para-hydroxylation sites is 1. The fraction of sp³-hybridized carbons (Fsp3) is 0.267. The highest BCUT2D eigenvalue weighted by Crippen LogP contribution is 2.47. The highest BCUT2D eigenvalue weighted by atomic mass is 35.5. The molecule has 0 spiro atoms. The first kappa shape index (κ1) is 12.3. The lowest BCUT2D eigenvalue weighted by Gasteiger charge is -2.00. The van der Waals surface area contributed by atoms with Crippen molar-refractivity contribution < 1.29 is 4.42 Å². The van der Waals surface area contributed by atoms with Crippen molar-refractivity contribution in [3.63, 3.8) is 0 Å². The second-order valence-electron chi connectivity index (χ2n) is 4.91. The van der Waals surface area contributed by atoms with Crippen LogP contribution in [0.2, 0.25) is 5.02 Å². The van der Waals surface area contributed by atoms with Gasteiger partial charge in [0.25, 0.3) is 0 Å². The molecule has 2 aromatic rings. The van der Waals surface area contributed by atoms with Crippen LogP contribution in [0, 0.1) is 5.92 Å². The average molecular weight is 275 g/mol. The Kier molecular flexibility index (Phi) is 3.30. The Hall–Kier alpha value is -1.74. The maximum Gasteiger partial charge on any atom is 0.147 e. The summed E-state index contributed by atoms with van der Waals surface area (Å²) in [7, 11) is 0. The summed E-state index contributed by atoms with van der Waals surface area (Å²) in [5.41, 5.74) is 3.68. The summed E-state index contributed by atoms with van der Waals surface area (Å²) in [5.74, 6) is 3.16. The summed E-state index contributed by atoms with van der Waals surface area (Å²) in [5, 5.41) is 4.78. The number of benzene rings is 1. The molecule has 1 aromatic heterocycles. The molecule has 1 aromatic carbocycles. The number of rotatable bonds is 4. The minimum Gasteiger partial charge on any atom is -0.460 e. The van der Waals surface area contributed by atoms with Crippen molar-refractivity contribution >= 4 is 23.5 Å². The van der Waals surface area contributed by atoms with E-state index in [2.05, 4.69) is 17.5 Å². The van der Waals surface area contributed by atoms with Gasteiger partial charge in [-0.3, -0.25) is 5.43 Å². The summed E-state index contributed by atoms with van der Waals surface area (Å²) in [4.78, 5) is 0. The van der Waals surface area contributed by atoms with Crippen LogP contribution < -0.4 is 5.43 Å². The van der Waals surface area contributed by atoms with Crippen molar-refractivity contribution in [3.05, 3.63) is 52.9 Å². The minimum absolute atomic E-state index is 0.596. The number of nitrogens with zero attached hydrogens (tertiary/aromatic N) is 1. The molecule has 0 amide bonds. The lowest BCUT2D eigenvalue weighted by molar-refractivity contribution is 0.500. The van der Waals surface area contributed by atoms with Crippen LogP contribution in [0.25, 0.3) is 0 Å². The Balaban J connectivity index is 1.63. The van der Waals surface area contributed by atoms with Crippen LogP contribution in [-0.4, -0.2) is 6.21 Å². The van der Waals surface area contributed by atoms with Gasteiger partial charge < -0.3 is 4.42 Å². The molecule has 4 heteroatoms. The normalized spacial score (nSPS) is 21.8. The molecule has 3 nitrogen and oxygen atoms in total. The number of furan rings is 1. The van der Waals surface area contributed by atoms with E-state index < -0.39 is 0 Å². The van der Waals surface area contributed by atoms with E-state index in [1.165, 1.54) is 6.42 Å². The van der Waals surface area contributed by atoms with E-state index in [1.54, 1.807) is 6.21 Å². The van der Waals surface area contributed by atoms with Gasteiger partial charge in [-0.05, 0) is 36.6 Å². The van der Waals surface area contributed by atoms with E-state index in [1.807, 2.05) is 36.4 Å². The van der Waals surface area contributed by atoms with Crippen LogP contribution in [0.5, 0.6) is 0 Å². The number of hydrazone groups is 1. The number of hydrogen-bond donors (Lipinski definition) is 1. The largest absolute Gasteiger partial charge is 0.460 e. The molecule has 1 aliphatic rings. The molecule has 0 aliphatic heterocycles. The first-order valence-electron chi connectivity index (χ1n) is 6.37. The molecule has 0 unspecified atom stereocenters. The van der Waals surface area contributed by atoms with Crippen molar-refractivity contribution in [1.29, 1.82) is 0 Å². The molecule has 1 fully saturated rings. The predicted molar refractivity (Wildman–Crippen MR) is 77.9 cm³/mol. The SMILES string of the molecule is C[C@@H]1C[C@@H]1c1ccc(/C=N\Nc2ccccc2Cl)o1. The van der Waals surface area contributed by atoms with E-state index in [0.29, 0.717) is 10.9 Å². The lowest BCUT2D eigenvalue weighted by atomic mass is 10.3. The Morgan fingerprint density at radius 1 is 1.32 bits per heavy atom. The van der Waals surface area contributed by atoms with Crippen molar-refractivity contribution in [2.24, 2.45) is 11.0 Å². The summed E-state index contributed by atoms with van der Waals surface area (Å²) in [6.45, 7) is 2.24. The molecule has 19 heavy (non-hydrogen) atoms. The van der Waals surface area contributed by atoms with E-state index in [0.717, 1.165) is 23.1 Å². The van der Waals surface area contributed by atoms with Gasteiger partial charge in [0, 0.05) is 5.92 Å². The van der Waals surface area contributed by atoms with Gasteiger partial charge >= 0.3 is 0 Å². The highest BCUT2D eigenvalue weighted by molar-refractivity contribution is 6.33. The van der Waals surface area contributed by atoms with E-state index in [9.17, 15) is 0 Å². The van der Waals surface area contributed by atoms with Crippen LogP contribution in [0.1, 0.15) is 30.8 Å². The fourth-order valence-corrected chi connectivity index (χ4v) is 2.25. The van der Waals surface area contributed by atoms with Gasteiger partial charge in [-0.15, -0.1) is 0 Å². The Bertz CT molecular complexity index is 606. The van der Waals surface area contributed by atoms with Gasteiger partial charge in [0.1, 0.15) is 11.5 Å². The standard InChI is InChI=1S/C15H15ClN2O/c1-10-8-12(10)15-7-6-11(19-15)9-17-18-14-5-3-2-4-13(14)16/h2-7,9-10,12,18H,8H2,1H3/b17-9-/t10-,12+/m1/s1. The molecule has 3 rings (SSSR count). The molecule has 0 bridgehead atoms. The Morgan fingerprint density at radius 2 is 2.11 bits per heavy atom. The van der Waals surface area contributed by atoms with E-state index in [-0.39, 0.29) is 0 Å². The first-order chi connectivity index (χ1) is 9.24. The van der Waals surface area contributed by atoms with Crippen LogP contribution in [0.3, 0.4) is 0 Å². The molecule has 0 radical (unpaired) electrons. The van der Waals surface area contributed by atoms with Crippen LogP contribution in [0.15, 0.2) is 45.9 Å². The van der Waals surface area contributed by atoms with Crippen molar-refractivity contribution in [3.8, 4) is 0 Å². The molecular weight excluding hydrogens is 260 g/mol. The zero-order chi connectivity index (χ0) is 13.2. The van der Waals surface area contributed by atoms with Crippen molar-refractivity contribution in [1.82, 2.24) is 0 Å². The van der Waals surface area contributed by atoms with Gasteiger partial charge in [0.15, 0.2) is 0 Å². The van der Waals surface area contributed by atoms with Crippen molar-refractivity contribution in [2.45, 2.75) is 19.3 Å². The summed E-state index contributed by atoms with van der Waals surface area (Å²) in [6, 6.07) is 11.5. The monoisotopic (exact) mass is 274 g/mol. The summed E-state index contributed by atoms with van der Waals surface area (Å²) >= 11 is 6.02. The van der Waals surface area contributed by atoms with Crippen molar-refractivity contribution in [2.75, 3.05) is 5.43 Å². The second-order valence-corrected chi connectivity index (χ2v) is 5.32. The number of hydrogen-bond acceptors (Lipinski definition) is 3. The maximum atomic E-state index is 6.02. The number of anilines is 1. The molecule has 98 valence electrons. The number of halogens is 1. The van der Waals surface area contributed by atoms with Gasteiger partial charge in [0.2, 0.25) is 0 Å². The Morgan fingerprint density at radius 3 is 2.84 bits per heavy atom. The first-order valence-corrected chi connectivity index (χ1v) is 6.75. The number of nitrogens with one attached hydrogen (secondary N) is 1. The minimum atomic E-state index is 0.596. The van der Waals surface area contributed by atoms with Crippen LogP contribution in [0.4, 0.5) is 5.69 Å². The third-order valence-corrected chi connectivity index (χ3v) is 3.70. The topological polar surface area (TPSA) is 37.5 Å². The Labute approximate surface area is 117 Å². The quantitative estimate of drug-likeness (QED) is 0.658.